The lowest BCUT2D eigenvalue weighted by atomic mass is 9.99. The van der Waals surface area contributed by atoms with E-state index in [4.69, 9.17) is 0 Å². The molecular formula is C13H9F3O. The van der Waals surface area contributed by atoms with Gasteiger partial charge in [0.25, 0.3) is 6.43 Å². The van der Waals surface area contributed by atoms with Gasteiger partial charge in [-0.05, 0) is 35.4 Å². The maximum Gasteiger partial charge on any atom is 0.264 e. The van der Waals surface area contributed by atoms with Crippen LogP contribution in [0.5, 0.6) is 5.75 Å². The van der Waals surface area contributed by atoms with E-state index in [1.165, 1.54) is 36.4 Å². The first-order chi connectivity index (χ1) is 8.08. The number of phenols is 1. The zero-order valence-electron chi connectivity index (χ0n) is 8.70. The van der Waals surface area contributed by atoms with Gasteiger partial charge in [-0.1, -0.05) is 18.2 Å². The highest BCUT2D eigenvalue weighted by Crippen LogP contribution is 2.33. The Hall–Kier alpha value is -1.97. The predicted octanol–water partition coefficient (Wildman–Crippen LogP) is 4.14. The minimum absolute atomic E-state index is 0.217. The molecule has 0 bridgehead atoms. The van der Waals surface area contributed by atoms with Crippen LogP contribution in [-0.2, 0) is 0 Å². The van der Waals surface area contributed by atoms with Gasteiger partial charge in [-0.15, -0.1) is 0 Å². The third kappa shape index (κ3) is 2.41. The van der Waals surface area contributed by atoms with Crippen molar-refractivity contribution in [2.45, 2.75) is 6.43 Å². The second-order valence-electron chi connectivity index (χ2n) is 3.58. The summed E-state index contributed by atoms with van der Waals surface area (Å²) in [6, 6.07) is 8.99. The van der Waals surface area contributed by atoms with Crippen LogP contribution in [0.25, 0.3) is 11.1 Å². The van der Waals surface area contributed by atoms with E-state index in [-0.39, 0.29) is 16.9 Å². The second kappa shape index (κ2) is 4.49. The number of rotatable bonds is 2. The largest absolute Gasteiger partial charge is 0.508 e. The molecule has 4 heteroatoms. The summed E-state index contributed by atoms with van der Waals surface area (Å²) in [6.07, 6.45) is -2.69. The summed E-state index contributed by atoms with van der Waals surface area (Å²) >= 11 is 0. The molecule has 88 valence electrons. The van der Waals surface area contributed by atoms with Crippen molar-refractivity contribution in [3.05, 3.63) is 53.8 Å². The Balaban J connectivity index is 2.54. The van der Waals surface area contributed by atoms with Gasteiger partial charge in [-0.25, -0.2) is 13.2 Å². The Kier molecular flexibility index (Phi) is 3.04. The highest BCUT2D eigenvalue weighted by atomic mass is 19.3. The number of hydrogen-bond donors (Lipinski definition) is 1. The van der Waals surface area contributed by atoms with Crippen LogP contribution in [0.2, 0.25) is 0 Å². The highest BCUT2D eigenvalue weighted by Gasteiger charge is 2.14. The Morgan fingerprint density at radius 3 is 2.18 bits per heavy atom. The molecule has 2 aromatic carbocycles. The van der Waals surface area contributed by atoms with Crippen LogP contribution in [0.1, 0.15) is 12.0 Å². The lowest BCUT2D eigenvalue weighted by Gasteiger charge is -2.09. The number of halogens is 3. The lowest BCUT2D eigenvalue weighted by molar-refractivity contribution is 0.151. The number of phenolic OH excluding ortho intramolecular Hbond substituents is 1. The molecule has 0 saturated carbocycles. The van der Waals surface area contributed by atoms with E-state index in [1.807, 2.05) is 0 Å². The molecule has 0 radical (unpaired) electrons. The van der Waals surface area contributed by atoms with E-state index < -0.39 is 12.2 Å². The topological polar surface area (TPSA) is 20.2 Å². The van der Waals surface area contributed by atoms with Gasteiger partial charge in [-0.2, -0.15) is 0 Å². The fourth-order valence-corrected chi connectivity index (χ4v) is 1.62. The predicted molar refractivity (Wildman–Crippen MR) is 58.5 cm³/mol. The van der Waals surface area contributed by atoms with Crippen LogP contribution in [0, 0.1) is 5.82 Å². The Bertz CT molecular complexity index is 521. The van der Waals surface area contributed by atoms with Crippen LogP contribution in [0.4, 0.5) is 13.2 Å². The van der Waals surface area contributed by atoms with Gasteiger partial charge in [-0.3, -0.25) is 0 Å². The normalized spacial score (nSPS) is 10.8. The third-order valence-electron chi connectivity index (χ3n) is 2.43. The molecule has 0 aliphatic heterocycles. The SMILES string of the molecule is Oc1ccc(-c2ccc(F)cc2)c(C(F)F)c1. The van der Waals surface area contributed by atoms with Crippen molar-refractivity contribution in [3.63, 3.8) is 0 Å². The van der Waals surface area contributed by atoms with Gasteiger partial charge < -0.3 is 5.11 Å². The van der Waals surface area contributed by atoms with Crippen molar-refractivity contribution in [1.29, 1.82) is 0 Å². The van der Waals surface area contributed by atoms with E-state index in [1.54, 1.807) is 0 Å². The molecule has 0 aliphatic carbocycles. The minimum Gasteiger partial charge on any atom is -0.508 e. The number of alkyl halides is 2. The highest BCUT2D eigenvalue weighted by molar-refractivity contribution is 5.68. The number of hydrogen-bond acceptors (Lipinski definition) is 1. The fourth-order valence-electron chi connectivity index (χ4n) is 1.62. The maximum atomic E-state index is 12.8. The molecule has 0 atom stereocenters. The molecule has 17 heavy (non-hydrogen) atoms. The first kappa shape index (κ1) is 11.5. The van der Waals surface area contributed by atoms with Crippen LogP contribution in [-0.4, -0.2) is 5.11 Å². The van der Waals surface area contributed by atoms with Gasteiger partial charge >= 0.3 is 0 Å². The van der Waals surface area contributed by atoms with Crippen LogP contribution in [0.3, 0.4) is 0 Å². The molecule has 2 aromatic rings. The summed E-state index contributed by atoms with van der Waals surface area (Å²) in [5, 5.41) is 9.18. The van der Waals surface area contributed by atoms with Crippen molar-refractivity contribution in [1.82, 2.24) is 0 Å². The zero-order valence-corrected chi connectivity index (χ0v) is 8.70. The average Bonchev–Trinajstić information content (AvgIpc) is 2.30. The van der Waals surface area contributed by atoms with E-state index in [9.17, 15) is 18.3 Å². The molecule has 0 aliphatic rings. The molecule has 0 amide bonds. The first-order valence-electron chi connectivity index (χ1n) is 4.95. The van der Waals surface area contributed by atoms with Crippen molar-refractivity contribution in [2.24, 2.45) is 0 Å². The van der Waals surface area contributed by atoms with Gasteiger partial charge in [0, 0.05) is 5.56 Å². The van der Waals surface area contributed by atoms with Gasteiger partial charge in [0.05, 0.1) is 0 Å². The van der Waals surface area contributed by atoms with Crippen LogP contribution in [0.15, 0.2) is 42.5 Å². The maximum absolute atomic E-state index is 12.8. The van der Waals surface area contributed by atoms with Gasteiger partial charge in [0.1, 0.15) is 11.6 Å². The standard InChI is InChI=1S/C13H9F3O/c14-9-3-1-8(2-4-9)11-6-5-10(17)7-12(11)13(15)16/h1-7,13,17H. The van der Waals surface area contributed by atoms with Crippen molar-refractivity contribution in [3.8, 4) is 16.9 Å². The summed E-state index contributed by atoms with van der Waals surface area (Å²) in [4.78, 5) is 0. The molecule has 0 fully saturated rings. The van der Waals surface area contributed by atoms with E-state index in [0.29, 0.717) is 5.56 Å². The smallest absolute Gasteiger partial charge is 0.264 e. The van der Waals surface area contributed by atoms with Crippen LogP contribution >= 0.6 is 0 Å². The summed E-state index contributed by atoms with van der Waals surface area (Å²) in [5.41, 5.74) is 0.510. The minimum atomic E-state index is -2.69. The van der Waals surface area contributed by atoms with E-state index in [2.05, 4.69) is 0 Å². The Morgan fingerprint density at radius 2 is 1.59 bits per heavy atom. The molecule has 0 unspecified atom stereocenters. The third-order valence-corrected chi connectivity index (χ3v) is 2.43. The summed E-state index contributed by atoms with van der Waals surface area (Å²) < 4.78 is 38.3. The zero-order chi connectivity index (χ0) is 12.4. The van der Waals surface area contributed by atoms with Gasteiger partial charge in [0.2, 0.25) is 0 Å². The summed E-state index contributed by atoms with van der Waals surface area (Å²) in [7, 11) is 0. The molecular weight excluding hydrogens is 229 g/mol. The van der Waals surface area contributed by atoms with Crippen LogP contribution < -0.4 is 0 Å². The average molecular weight is 238 g/mol. The Labute approximate surface area is 96.1 Å². The van der Waals surface area contributed by atoms with Crippen molar-refractivity contribution < 1.29 is 18.3 Å². The summed E-state index contributed by atoms with van der Waals surface area (Å²) in [5.74, 6) is -0.641. The second-order valence-corrected chi connectivity index (χ2v) is 3.58. The lowest BCUT2D eigenvalue weighted by Crippen LogP contribution is -1.90. The van der Waals surface area contributed by atoms with Crippen molar-refractivity contribution >= 4 is 0 Å². The Morgan fingerprint density at radius 1 is 0.941 bits per heavy atom. The summed E-state index contributed by atoms with van der Waals surface area (Å²) in [6.45, 7) is 0. The van der Waals surface area contributed by atoms with E-state index in [0.717, 1.165) is 6.07 Å². The van der Waals surface area contributed by atoms with Gasteiger partial charge in [0.15, 0.2) is 0 Å². The fraction of sp³-hybridized carbons (Fsp3) is 0.0769. The quantitative estimate of drug-likeness (QED) is 0.833. The number of aromatic hydroxyl groups is 1. The molecule has 1 N–H and O–H groups in total. The molecule has 0 saturated heterocycles. The monoisotopic (exact) mass is 238 g/mol. The first-order valence-corrected chi connectivity index (χ1v) is 4.95. The van der Waals surface area contributed by atoms with E-state index >= 15 is 0 Å². The molecule has 1 nitrogen and oxygen atoms in total. The van der Waals surface area contributed by atoms with Crippen molar-refractivity contribution in [2.75, 3.05) is 0 Å². The molecule has 0 spiro atoms. The molecule has 0 aromatic heterocycles. The molecule has 2 rings (SSSR count). The molecule has 0 heterocycles. The number of benzene rings is 2.